The van der Waals surface area contributed by atoms with Crippen molar-refractivity contribution in [3.05, 3.63) is 71.2 Å². The summed E-state index contributed by atoms with van der Waals surface area (Å²) in [7, 11) is -4.58. The zero-order valence-electron chi connectivity index (χ0n) is 11.6. The van der Waals surface area contributed by atoms with Crippen LogP contribution in [0.1, 0.15) is 5.56 Å². The van der Waals surface area contributed by atoms with E-state index in [0.29, 0.717) is 16.8 Å². The molecule has 2 atom stereocenters. The van der Waals surface area contributed by atoms with Crippen molar-refractivity contribution >= 4 is 25.1 Å². The third kappa shape index (κ3) is 3.03. The van der Waals surface area contributed by atoms with Crippen LogP contribution in [0, 0.1) is 5.82 Å². The number of alkyl halides is 1. The predicted molar refractivity (Wildman–Crippen MR) is 83.2 cm³/mol. The Balaban J connectivity index is 2.01. The fourth-order valence-electron chi connectivity index (χ4n) is 2.48. The second kappa shape index (κ2) is 5.42. The van der Waals surface area contributed by atoms with Crippen molar-refractivity contribution in [1.29, 1.82) is 0 Å². The molecule has 0 bridgehead atoms. The van der Waals surface area contributed by atoms with Crippen LogP contribution >= 0.6 is 19.2 Å². The van der Waals surface area contributed by atoms with Gasteiger partial charge in [-0.25, -0.2) is 4.39 Å². The minimum atomic E-state index is -4.58. The van der Waals surface area contributed by atoms with Gasteiger partial charge in [-0.3, -0.25) is 9.36 Å². The van der Waals surface area contributed by atoms with E-state index in [9.17, 15) is 23.5 Å². The average Bonchev–Trinajstić information content (AvgIpc) is 2.45. The fraction of sp³-hybridized carbons (Fsp3) is 0.133. The molecule has 1 aromatic carbocycles. The Bertz CT molecular complexity index is 811. The summed E-state index contributed by atoms with van der Waals surface area (Å²) in [5, 5.41) is 2.46. The second-order valence-electron chi connectivity index (χ2n) is 5.31. The summed E-state index contributed by atoms with van der Waals surface area (Å²) in [6, 6.07) is 5.62. The first-order valence-electron chi connectivity index (χ1n) is 6.64. The second-order valence-corrected chi connectivity index (χ2v) is 7.67. The molecule has 0 spiro atoms. The third-order valence-electron chi connectivity index (χ3n) is 3.68. The van der Waals surface area contributed by atoms with Crippen LogP contribution in [-0.2, 0) is 14.2 Å². The van der Waals surface area contributed by atoms with E-state index in [1.165, 1.54) is 30.3 Å². The van der Waals surface area contributed by atoms with Crippen molar-refractivity contribution in [2.75, 3.05) is 0 Å². The molecular weight excluding hydrogens is 344 g/mol. The van der Waals surface area contributed by atoms with Crippen molar-refractivity contribution in [1.82, 2.24) is 5.32 Å². The molecule has 3 rings (SSSR count). The Kier molecular flexibility index (Phi) is 3.81. The molecule has 5 nitrogen and oxygen atoms in total. The molecule has 0 aromatic heterocycles. The number of carbonyl (C=O) groups is 1. The van der Waals surface area contributed by atoms with Crippen LogP contribution in [0.2, 0.25) is 0 Å². The van der Waals surface area contributed by atoms with Crippen LogP contribution in [0.15, 0.2) is 59.8 Å². The van der Waals surface area contributed by atoms with Gasteiger partial charge < -0.3 is 15.1 Å². The summed E-state index contributed by atoms with van der Waals surface area (Å²) in [5.41, 5.74) is -0.0829. The number of amides is 1. The molecule has 1 aromatic rings. The van der Waals surface area contributed by atoms with Crippen molar-refractivity contribution < 1.29 is 23.5 Å². The number of hydrogen-bond donors (Lipinski definition) is 3. The number of hydrogen-bond acceptors (Lipinski definition) is 2. The summed E-state index contributed by atoms with van der Waals surface area (Å²) in [5.74, 6) is -1.18. The summed E-state index contributed by atoms with van der Waals surface area (Å²) in [6.07, 6.45) is 5.98. The van der Waals surface area contributed by atoms with Gasteiger partial charge in [0.1, 0.15) is 10.7 Å². The maximum Gasteiger partial charge on any atom is 0.341 e. The van der Waals surface area contributed by atoms with Crippen LogP contribution in [0.5, 0.6) is 0 Å². The lowest BCUT2D eigenvalue weighted by Gasteiger charge is -2.30. The summed E-state index contributed by atoms with van der Waals surface area (Å²) >= 11 is 6.53. The van der Waals surface area contributed by atoms with Gasteiger partial charge in [0, 0.05) is 5.70 Å². The summed E-state index contributed by atoms with van der Waals surface area (Å²) in [4.78, 5) is 29.2. The molecule has 23 heavy (non-hydrogen) atoms. The molecule has 8 heteroatoms. The molecule has 2 aliphatic rings. The van der Waals surface area contributed by atoms with Crippen LogP contribution < -0.4 is 5.32 Å². The number of halogens is 2. The standard InChI is InChI=1S/C15H12ClFNO4P/c16-15(10-1-3-11(17)4-2-10)6-5-9-7-13(23(20,21)22)14(19)18-12(9)8-15/h1-8,13H,(H,18,19)(H2,20,21,22). The van der Waals surface area contributed by atoms with Gasteiger partial charge in [-0.2, -0.15) is 0 Å². The number of rotatable bonds is 2. The van der Waals surface area contributed by atoms with Gasteiger partial charge in [-0.1, -0.05) is 30.4 Å². The Morgan fingerprint density at radius 3 is 2.52 bits per heavy atom. The molecule has 0 saturated carbocycles. The molecule has 0 radical (unpaired) electrons. The number of carbonyl (C=O) groups excluding carboxylic acids is 1. The Morgan fingerprint density at radius 1 is 1.26 bits per heavy atom. The van der Waals surface area contributed by atoms with E-state index in [1.54, 1.807) is 18.2 Å². The Labute approximate surface area is 136 Å². The average molecular weight is 356 g/mol. The largest absolute Gasteiger partial charge is 0.341 e. The van der Waals surface area contributed by atoms with E-state index >= 15 is 0 Å². The monoisotopic (exact) mass is 355 g/mol. The number of benzene rings is 1. The lowest BCUT2D eigenvalue weighted by atomic mass is 9.89. The molecule has 1 amide bonds. The molecule has 1 aliphatic carbocycles. The van der Waals surface area contributed by atoms with Crippen molar-refractivity contribution in [3.8, 4) is 0 Å². The SMILES string of the molecule is O=C1NC2=CC(Cl)(c3ccc(F)cc3)C=CC2=CC1P(=O)(O)O. The van der Waals surface area contributed by atoms with E-state index in [4.69, 9.17) is 11.6 Å². The molecule has 0 saturated heterocycles. The van der Waals surface area contributed by atoms with E-state index < -0.39 is 29.9 Å². The molecule has 120 valence electrons. The molecule has 1 heterocycles. The lowest BCUT2D eigenvalue weighted by Crippen LogP contribution is -2.39. The van der Waals surface area contributed by atoms with Gasteiger partial charge in [0.25, 0.3) is 0 Å². The molecule has 2 unspecified atom stereocenters. The predicted octanol–water partition coefficient (Wildman–Crippen LogP) is 2.32. The highest BCUT2D eigenvalue weighted by atomic mass is 35.5. The van der Waals surface area contributed by atoms with Crippen molar-refractivity contribution in [2.24, 2.45) is 0 Å². The van der Waals surface area contributed by atoms with Crippen LogP contribution in [0.25, 0.3) is 0 Å². The maximum absolute atomic E-state index is 13.0. The molecular formula is C15H12ClFNO4P. The van der Waals surface area contributed by atoms with Crippen LogP contribution in [-0.4, -0.2) is 21.4 Å². The van der Waals surface area contributed by atoms with E-state index in [2.05, 4.69) is 5.32 Å². The Hall–Kier alpha value is -1.72. The van der Waals surface area contributed by atoms with Gasteiger partial charge >= 0.3 is 7.60 Å². The first-order chi connectivity index (χ1) is 10.7. The van der Waals surface area contributed by atoms with Gasteiger partial charge in [0.05, 0.1) is 0 Å². The lowest BCUT2D eigenvalue weighted by molar-refractivity contribution is -0.119. The van der Waals surface area contributed by atoms with Gasteiger partial charge in [0.2, 0.25) is 5.91 Å². The van der Waals surface area contributed by atoms with Gasteiger partial charge in [-0.05, 0) is 29.3 Å². The Morgan fingerprint density at radius 2 is 1.91 bits per heavy atom. The topological polar surface area (TPSA) is 86.6 Å². The first-order valence-corrected chi connectivity index (χ1v) is 8.70. The normalized spacial score (nSPS) is 27.0. The molecule has 1 aliphatic heterocycles. The zero-order valence-corrected chi connectivity index (χ0v) is 13.3. The van der Waals surface area contributed by atoms with E-state index in [1.807, 2.05) is 0 Å². The van der Waals surface area contributed by atoms with E-state index in [0.717, 1.165) is 0 Å². The fourth-order valence-corrected chi connectivity index (χ4v) is 3.51. The maximum atomic E-state index is 13.0. The van der Waals surface area contributed by atoms with Gasteiger partial charge in [0.15, 0.2) is 5.66 Å². The van der Waals surface area contributed by atoms with E-state index in [-0.39, 0.29) is 0 Å². The third-order valence-corrected chi connectivity index (χ3v) is 5.25. The number of nitrogens with one attached hydrogen (secondary N) is 1. The van der Waals surface area contributed by atoms with Crippen molar-refractivity contribution in [3.63, 3.8) is 0 Å². The molecule has 3 N–H and O–H groups in total. The highest BCUT2D eigenvalue weighted by molar-refractivity contribution is 7.54. The smallest absolute Gasteiger partial charge is 0.325 e. The minimum Gasteiger partial charge on any atom is -0.325 e. The number of allylic oxidation sites excluding steroid dienone is 3. The minimum absolute atomic E-state index is 0.363. The zero-order chi connectivity index (χ0) is 16.8. The van der Waals surface area contributed by atoms with Crippen molar-refractivity contribution in [2.45, 2.75) is 10.5 Å². The highest BCUT2D eigenvalue weighted by Crippen LogP contribution is 2.46. The quantitative estimate of drug-likeness (QED) is 0.561. The van der Waals surface area contributed by atoms with Crippen LogP contribution in [0.3, 0.4) is 0 Å². The van der Waals surface area contributed by atoms with Crippen LogP contribution in [0.4, 0.5) is 4.39 Å². The summed E-state index contributed by atoms with van der Waals surface area (Å²) in [6.45, 7) is 0. The highest BCUT2D eigenvalue weighted by Gasteiger charge is 2.39. The summed E-state index contributed by atoms with van der Waals surface area (Å²) < 4.78 is 24.4. The number of fused-ring (bicyclic) bond motifs is 1. The molecule has 0 fully saturated rings. The first kappa shape index (κ1) is 16.1. The van der Waals surface area contributed by atoms with Gasteiger partial charge in [-0.15, -0.1) is 11.6 Å².